The smallest absolute Gasteiger partial charge is 0.343 e. The van der Waals surface area contributed by atoms with Crippen molar-refractivity contribution in [2.24, 2.45) is 5.10 Å². The molecule has 0 saturated carbocycles. The van der Waals surface area contributed by atoms with Crippen LogP contribution in [0.1, 0.15) is 15.9 Å². The molecule has 35 heavy (non-hydrogen) atoms. The van der Waals surface area contributed by atoms with Gasteiger partial charge in [-0.3, -0.25) is 9.59 Å². The average Bonchev–Trinajstić information content (AvgIpc) is 2.86. The van der Waals surface area contributed by atoms with Gasteiger partial charge in [-0.05, 0) is 65.4 Å². The molecule has 0 aliphatic carbocycles. The molecule has 0 bridgehead atoms. The number of ether oxygens (including phenoxy) is 1. The molecule has 0 saturated heterocycles. The maximum absolute atomic E-state index is 13.0. The first-order valence-electron chi connectivity index (χ1n) is 10.3. The van der Waals surface area contributed by atoms with Crippen molar-refractivity contribution in [1.82, 2.24) is 5.43 Å². The Bertz CT molecular complexity index is 1440. The van der Waals surface area contributed by atoms with Gasteiger partial charge < -0.3 is 10.1 Å². The third-order valence-electron chi connectivity index (χ3n) is 4.88. The summed E-state index contributed by atoms with van der Waals surface area (Å²) in [6.45, 7) is 0. The van der Waals surface area contributed by atoms with Crippen LogP contribution in [0, 0.1) is 5.82 Å². The zero-order valence-electron chi connectivity index (χ0n) is 18.0. The number of benzene rings is 4. The van der Waals surface area contributed by atoms with Gasteiger partial charge in [0.15, 0.2) is 0 Å². The fourth-order valence-electron chi connectivity index (χ4n) is 3.17. The predicted octanol–water partition coefficient (Wildman–Crippen LogP) is 4.94. The molecule has 0 fully saturated rings. The third kappa shape index (κ3) is 5.87. The average molecular weight is 490 g/mol. The molecule has 4 aromatic rings. The van der Waals surface area contributed by atoms with Crippen LogP contribution in [0.2, 0.25) is 5.02 Å². The number of halogens is 2. The number of anilines is 1. The van der Waals surface area contributed by atoms with Crippen molar-refractivity contribution in [2.45, 2.75) is 0 Å². The number of carbonyl (C=O) groups excluding carboxylic acids is 3. The summed E-state index contributed by atoms with van der Waals surface area (Å²) in [7, 11) is 0. The molecule has 0 atom stereocenters. The van der Waals surface area contributed by atoms with Gasteiger partial charge in [-0.15, -0.1) is 0 Å². The number of hydrogen-bond donors (Lipinski definition) is 2. The SMILES string of the molecule is O=C(N/N=C\c1c(OC(=O)c2ccc(Cl)cc2)ccc2ccccc12)C(=O)Nc1ccc(F)cc1. The Morgan fingerprint density at radius 2 is 1.57 bits per heavy atom. The normalized spacial score (nSPS) is 10.8. The molecule has 0 aliphatic rings. The van der Waals surface area contributed by atoms with Crippen LogP contribution in [0.3, 0.4) is 0 Å². The van der Waals surface area contributed by atoms with Gasteiger partial charge in [0.2, 0.25) is 0 Å². The van der Waals surface area contributed by atoms with Crippen LogP contribution in [0.25, 0.3) is 10.8 Å². The molecule has 0 spiro atoms. The lowest BCUT2D eigenvalue weighted by molar-refractivity contribution is -0.136. The van der Waals surface area contributed by atoms with Crippen molar-refractivity contribution >= 4 is 52.1 Å². The van der Waals surface area contributed by atoms with E-state index < -0.39 is 23.6 Å². The van der Waals surface area contributed by atoms with Gasteiger partial charge in [0.25, 0.3) is 0 Å². The molecule has 0 unspecified atom stereocenters. The van der Waals surface area contributed by atoms with E-state index >= 15 is 0 Å². The summed E-state index contributed by atoms with van der Waals surface area (Å²) in [6, 6.07) is 21.9. The molecule has 0 radical (unpaired) electrons. The van der Waals surface area contributed by atoms with Crippen molar-refractivity contribution in [3.8, 4) is 5.75 Å². The lowest BCUT2D eigenvalue weighted by Gasteiger charge is -2.10. The number of rotatable bonds is 5. The summed E-state index contributed by atoms with van der Waals surface area (Å²) in [4.78, 5) is 36.8. The highest BCUT2D eigenvalue weighted by Gasteiger charge is 2.15. The van der Waals surface area contributed by atoms with E-state index in [1.54, 1.807) is 48.5 Å². The summed E-state index contributed by atoms with van der Waals surface area (Å²) in [5.74, 6) is -2.89. The lowest BCUT2D eigenvalue weighted by atomic mass is 10.0. The topological polar surface area (TPSA) is 96.9 Å². The van der Waals surface area contributed by atoms with E-state index in [1.165, 1.54) is 18.3 Å². The maximum atomic E-state index is 13.0. The summed E-state index contributed by atoms with van der Waals surface area (Å²) in [5, 5.41) is 8.25. The minimum Gasteiger partial charge on any atom is -0.422 e. The minimum atomic E-state index is -1.04. The molecule has 174 valence electrons. The summed E-state index contributed by atoms with van der Waals surface area (Å²) >= 11 is 5.88. The maximum Gasteiger partial charge on any atom is 0.343 e. The molecule has 4 rings (SSSR count). The zero-order chi connectivity index (χ0) is 24.8. The number of nitrogens with zero attached hydrogens (tertiary/aromatic N) is 1. The number of esters is 1. The Hall–Kier alpha value is -4.56. The molecule has 0 aliphatic heterocycles. The number of amides is 2. The van der Waals surface area contributed by atoms with Crippen molar-refractivity contribution in [3.63, 3.8) is 0 Å². The Labute approximate surface area is 204 Å². The fraction of sp³-hybridized carbons (Fsp3) is 0. The van der Waals surface area contributed by atoms with Gasteiger partial charge >= 0.3 is 17.8 Å². The molecule has 7 nitrogen and oxygen atoms in total. The molecule has 4 aromatic carbocycles. The number of nitrogens with one attached hydrogen (secondary N) is 2. The molecule has 2 amide bonds. The summed E-state index contributed by atoms with van der Waals surface area (Å²) < 4.78 is 18.6. The van der Waals surface area contributed by atoms with Gasteiger partial charge in [0, 0.05) is 16.3 Å². The largest absolute Gasteiger partial charge is 0.422 e. The molecular weight excluding hydrogens is 473 g/mol. The highest BCUT2D eigenvalue weighted by atomic mass is 35.5. The van der Waals surface area contributed by atoms with Crippen LogP contribution >= 0.6 is 11.6 Å². The first kappa shape index (κ1) is 23.6. The van der Waals surface area contributed by atoms with E-state index in [-0.39, 0.29) is 11.4 Å². The van der Waals surface area contributed by atoms with Crippen molar-refractivity contribution in [3.05, 3.63) is 107 Å². The fourth-order valence-corrected chi connectivity index (χ4v) is 3.30. The van der Waals surface area contributed by atoms with Gasteiger partial charge in [-0.2, -0.15) is 5.10 Å². The summed E-state index contributed by atoms with van der Waals surface area (Å²) in [5.41, 5.74) is 3.11. The molecule has 9 heteroatoms. The first-order chi connectivity index (χ1) is 16.9. The van der Waals surface area contributed by atoms with E-state index in [9.17, 15) is 18.8 Å². The molecule has 0 heterocycles. The second kappa shape index (κ2) is 10.6. The monoisotopic (exact) mass is 489 g/mol. The standard InChI is InChI=1S/C26H17ClFN3O4/c27-18-8-5-17(6-9-18)26(34)35-23-14-7-16-3-1-2-4-21(16)22(23)15-29-31-25(33)24(32)30-20-12-10-19(28)11-13-20/h1-15H,(H,30,32)(H,31,33)/b29-15-. The van der Waals surface area contributed by atoms with Crippen LogP contribution in [0.4, 0.5) is 10.1 Å². The van der Waals surface area contributed by atoms with Crippen molar-refractivity contribution in [2.75, 3.05) is 5.32 Å². The minimum absolute atomic E-state index is 0.206. The predicted molar refractivity (Wildman–Crippen MR) is 131 cm³/mol. The third-order valence-corrected chi connectivity index (χ3v) is 5.13. The van der Waals surface area contributed by atoms with E-state index in [4.69, 9.17) is 16.3 Å². The van der Waals surface area contributed by atoms with Crippen LogP contribution in [0.15, 0.2) is 90.0 Å². The van der Waals surface area contributed by atoms with Gasteiger partial charge in [0.05, 0.1) is 11.8 Å². The first-order valence-corrected chi connectivity index (χ1v) is 10.7. The van der Waals surface area contributed by atoms with Crippen molar-refractivity contribution in [1.29, 1.82) is 0 Å². The Morgan fingerprint density at radius 1 is 0.857 bits per heavy atom. The van der Waals surface area contributed by atoms with Gasteiger partial charge in [-0.1, -0.05) is 41.9 Å². The zero-order valence-corrected chi connectivity index (χ0v) is 18.8. The summed E-state index contributed by atoms with van der Waals surface area (Å²) in [6.07, 6.45) is 1.29. The van der Waals surface area contributed by atoms with Crippen LogP contribution in [0.5, 0.6) is 5.75 Å². The van der Waals surface area contributed by atoms with Crippen LogP contribution < -0.4 is 15.5 Å². The lowest BCUT2D eigenvalue weighted by Crippen LogP contribution is -2.32. The van der Waals surface area contributed by atoms with E-state index in [0.717, 1.165) is 17.5 Å². The molecule has 2 N–H and O–H groups in total. The Kier molecular flexibility index (Phi) is 7.13. The second-order valence-electron chi connectivity index (χ2n) is 7.26. The van der Waals surface area contributed by atoms with E-state index in [0.29, 0.717) is 21.5 Å². The highest BCUT2D eigenvalue weighted by Crippen LogP contribution is 2.27. The highest BCUT2D eigenvalue weighted by molar-refractivity contribution is 6.39. The Morgan fingerprint density at radius 3 is 2.31 bits per heavy atom. The number of fused-ring (bicyclic) bond motifs is 1. The van der Waals surface area contributed by atoms with Gasteiger partial charge in [0.1, 0.15) is 11.6 Å². The quantitative estimate of drug-likeness (QED) is 0.136. The molecule has 0 aromatic heterocycles. The molecular formula is C26H17ClFN3O4. The van der Waals surface area contributed by atoms with Crippen LogP contribution in [-0.2, 0) is 9.59 Å². The van der Waals surface area contributed by atoms with Crippen molar-refractivity contribution < 1.29 is 23.5 Å². The van der Waals surface area contributed by atoms with Gasteiger partial charge in [-0.25, -0.2) is 14.6 Å². The second-order valence-corrected chi connectivity index (χ2v) is 7.69. The van der Waals surface area contributed by atoms with E-state index in [2.05, 4.69) is 15.8 Å². The van der Waals surface area contributed by atoms with Crippen LogP contribution in [-0.4, -0.2) is 24.0 Å². The van der Waals surface area contributed by atoms with E-state index in [1.807, 2.05) is 12.1 Å². The number of carbonyl (C=O) groups is 3. The Balaban J connectivity index is 1.53. The number of hydrogen-bond acceptors (Lipinski definition) is 5. The number of hydrazone groups is 1.